The highest BCUT2D eigenvalue weighted by Crippen LogP contribution is 2.42. The molecule has 0 saturated heterocycles. The van der Waals surface area contributed by atoms with E-state index in [-0.39, 0.29) is 17.9 Å². The molecule has 1 amide bonds. The van der Waals surface area contributed by atoms with E-state index in [1.165, 1.54) is 38.5 Å². The van der Waals surface area contributed by atoms with Gasteiger partial charge in [-0.2, -0.15) is 4.98 Å². The molecule has 3 saturated carbocycles. The first-order chi connectivity index (χ1) is 12.6. The molecule has 0 aliphatic heterocycles. The summed E-state index contributed by atoms with van der Waals surface area (Å²) in [5.74, 6) is 2.99. The van der Waals surface area contributed by atoms with Crippen LogP contribution in [0.25, 0.3) is 0 Å². The largest absolute Gasteiger partial charge is 0.344 e. The summed E-state index contributed by atoms with van der Waals surface area (Å²) in [6.07, 6.45) is 11.5. The van der Waals surface area contributed by atoms with E-state index in [9.17, 15) is 4.79 Å². The van der Waals surface area contributed by atoms with Crippen LogP contribution in [0.1, 0.15) is 94.8 Å². The van der Waals surface area contributed by atoms with Gasteiger partial charge in [-0.15, -0.1) is 0 Å². The fourth-order valence-corrected chi connectivity index (χ4v) is 5.35. The number of carbonyl (C=O) groups excluding carboxylic acids is 1. The normalized spacial score (nSPS) is 33.6. The first-order valence-corrected chi connectivity index (χ1v) is 10.5. The quantitative estimate of drug-likeness (QED) is 0.857. The van der Waals surface area contributed by atoms with Crippen LogP contribution < -0.4 is 11.1 Å². The maximum absolute atomic E-state index is 12.8. The fraction of sp³-hybridized carbons (Fsp3) is 0.850. The topological polar surface area (TPSA) is 94.0 Å². The third-order valence-corrected chi connectivity index (χ3v) is 6.94. The SMILES string of the molecule is CC(NC(=O)C1CC2CCCC(C1)C2N)c1nc(C2CCCCC2)no1. The summed E-state index contributed by atoms with van der Waals surface area (Å²) in [5.41, 5.74) is 6.35. The second kappa shape index (κ2) is 7.67. The Morgan fingerprint density at radius 2 is 1.81 bits per heavy atom. The van der Waals surface area contributed by atoms with E-state index in [4.69, 9.17) is 10.3 Å². The van der Waals surface area contributed by atoms with Crippen molar-refractivity contribution in [3.05, 3.63) is 11.7 Å². The van der Waals surface area contributed by atoms with E-state index in [1.54, 1.807) is 0 Å². The zero-order valence-corrected chi connectivity index (χ0v) is 15.8. The molecule has 3 fully saturated rings. The van der Waals surface area contributed by atoms with Gasteiger partial charge in [0.1, 0.15) is 6.04 Å². The van der Waals surface area contributed by atoms with Crippen LogP contribution in [0, 0.1) is 17.8 Å². The molecule has 0 spiro atoms. The number of nitrogens with two attached hydrogens (primary N) is 1. The zero-order chi connectivity index (χ0) is 18.1. The van der Waals surface area contributed by atoms with E-state index in [0.29, 0.717) is 29.7 Å². The molecule has 3 atom stereocenters. The molecule has 1 heterocycles. The summed E-state index contributed by atoms with van der Waals surface area (Å²) in [6.45, 7) is 1.94. The molecule has 6 heteroatoms. The molecule has 4 rings (SSSR count). The Labute approximate surface area is 155 Å². The molecule has 3 N–H and O–H groups in total. The number of amides is 1. The number of hydrogen-bond acceptors (Lipinski definition) is 5. The van der Waals surface area contributed by atoms with Crippen LogP contribution in [0.4, 0.5) is 0 Å². The minimum atomic E-state index is -0.234. The highest BCUT2D eigenvalue weighted by Gasteiger charge is 2.40. The Bertz CT molecular complexity index is 611. The van der Waals surface area contributed by atoms with Crippen LogP contribution in [0.5, 0.6) is 0 Å². The van der Waals surface area contributed by atoms with Gasteiger partial charge < -0.3 is 15.6 Å². The predicted octanol–water partition coefficient (Wildman–Crippen LogP) is 3.45. The number of carbonyl (C=O) groups is 1. The average Bonchev–Trinajstić information content (AvgIpc) is 3.12. The minimum absolute atomic E-state index is 0.0771. The standard InChI is InChI=1S/C20H32N4O2/c1-12(20-23-18(24-26-20)13-6-3-2-4-7-13)22-19(25)16-10-14-8-5-9-15(11-16)17(14)21/h12-17H,2-11,21H2,1H3,(H,22,25). The van der Waals surface area contributed by atoms with Crippen LogP contribution in [-0.2, 0) is 4.79 Å². The lowest BCUT2D eigenvalue weighted by Crippen LogP contribution is -2.49. The van der Waals surface area contributed by atoms with Crippen molar-refractivity contribution >= 4 is 5.91 Å². The Balaban J connectivity index is 1.35. The van der Waals surface area contributed by atoms with Gasteiger partial charge in [0.15, 0.2) is 5.82 Å². The third kappa shape index (κ3) is 3.66. The van der Waals surface area contributed by atoms with Gasteiger partial charge in [0, 0.05) is 17.9 Å². The third-order valence-electron chi connectivity index (χ3n) is 6.94. The number of hydrogen-bond donors (Lipinski definition) is 2. The lowest BCUT2D eigenvalue weighted by atomic mass is 9.65. The molecule has 3 aliphatic rings. The molecule has 0 aromatic carbocycles. The lowest BCUT2D eigenvalue weighted by molar-refractivity contribution is -0.128. The smallest absolute Gasteiger partial charge is 0.248 e. The highest BCUT2D eigenvalue weighted by atomic mass is 16.5. The van der Waals surface area contributed by atoms with Crippen LogP contribution in [-0.4, -0.2) is 22.1 Å². The van der Waals surface area contributed by atoms with E-state index in [0.717, 1.165) is 31.5 Å². The summed E-state index contributed by atoms with van der Waals surface area (Å²) in [5, 5.41) is 7.29. The molecule has 1 aromatic heterocycles. The Hall–Kier alpha value is -1.43. The van der Waals surface area contributed by atoms with E-state index in [1.807, 2.05) is 6.92 Å². The Kier molecular flexibility index (Phi) is 5.30. The molecule has 6 nitrogen and oxygen atoms in total. The first kappa shape index (κ1) is 18.0. The minimum Gasteiger partial charge on any atom is -0.344 e. The van der Waals surface area contributed by atoms with Gasteiger partial charge in [-0.25, -0.2) is 0 Å². The van der Waals surface area contributed by atoms with Gasteiger partial charge >= 0.3 is 0 Å². The van der Waals surface area contributed by atoms with Gasteiger partial charge in [-0.3, -0.25) is 4.79 Å². The molecule has 1 aromatic rings. The lowest BCUT2D eigenvalue weighted by Gasteiger charge is -2.43. The van der Waals surface area contributed by atoms with Crippen molar-refractivity contribution in [3.8, 4) is 0 Å². The maximum Gasteiger partial charge on any atom is 0.248 e. The van der Waals surface area contributed by atoms with E-state index in [2.05, 4.69) is 15.5 Å². The number of nitrogens with zero attached hydrogens (tertiary/aromatic N) is 2. The van der Waals surface area contributed by atoms with Crippen molar-refractivity contribution in [3.63, 3.8) is 0 Å². The summed E-state index contributed by atoms with van der Waals surface area (Å²) in [7, 11) is 0. The van der Waals surface area contributed by atoms with Crippen LogP contribution in [0.2, 0.25) is 0 Å². The molecule has 3 unspecified atom stereocenters. The molecule has 26 heavy (non-hydrogen) atoms. The van der Waals surface area contributed by atoms with Crippen molar-refractivity contribution < 1.29 is 9.32 Å². The predicted molar refractivity (Wildman–Crippen MR) is 98.2 cm³/mol. The maximum atomic E-state index is 12.8. The second-order valence-electron chi connectivity index (χ2n) is 8.75. The van der Waals surface area contributed by atoms with Crippen LogP contribution >= 0.6 is 0 Å². The molecule has 144 valence electrons. The van der Waals surface area contributed by atoms with Crippen molar-refractivity contribution in [2.45, 2.75) is 89.1 Å². The number of nitrogens with one attached hydrogen (secondary N) is 1. The first-order valence-electron chi connectivity index (χ1n) is 10.5. The Morgan fingerprint density at radius 3 is 2.50 bits per heavy atom. The van der Waals surface area contributed by atoms with Crippen molar-refractivity contribution in [1.82, 2.24) is 15.5 Å². The van der Waals surface area contributed by atoms with Gasteiger partial charge in [0.2, 0.25) is 11.8 Å². The fourth-order valence-electron chi connectivity index (χ4n) is 5.35. The van der Waals surface area contributed by atoms with Crippen molar-refractivity contribution in [2.24, 2.45) is 23.5 Å². The molecule has 2 bridgehead atoms. The molecule has 3 aliphatic carbocycles. The van der Waals surface area contributed by atoms with Crippen molar-refractivity contribution in [2.75, 3.05) is 0 Å². The van der Waals surface area contributed by atoms with E-state index < -0.39 is 0 Å². The zero-order valence-electron chi connectivity index (χ0n) is 15.8. The molecule has 0 radical (unpaired) electrons. The summed E-state index contributed by atoms with van der Waals surface area (Å²) in [4.78, 5) is 17.4. The monoisotopic (exact) mass is 360 g/mol. The second-order valence-corrected chi connectivity index (χ2v) is 8.75. The summed E-state index contributed by atoms with van der Waals surface area (Å²) < 4.78 is 5.46. The van der Waals surface area contributed by atoms with Crippen LogP contribution in [0.15, 0.2) is 4.52 Å². The summed E-state index contributed by atoms with van der Waals surface area (Å²) >= 11 is 0. The van der Waals surface area contributed by atoms with Gasteiger partial charge in [0.25, 0.3) is 0 Å². The molecular formula is C20H32N4O2. The average molecular weight is 361 g/mol. The number of fused-ring (bicyclic) bond motifs is 2. The van der Waals surface area contributed by atoms with Crippen LogP contribution in [0.3, 0.4) is 0 Å². The number of rotatable bonds is 4. The van der Waals surface area contributed by atoms with Gasteiger partial charge in [-0.05, 0) is 57.3 Å². The summed E-state index contributed by atoms with van der Waals surface area (Å²) in [6, 6.07) is 0.0574. The highest BCUT2D eigenvalue weighted by molar-refractivity contribution is 5.79. The van der Waals surface area contributed by atoms with E-state index >= 15 is 0 Å². The Morgan fingerprint density at radius 1 is 1.12 bits per heavy atom. The van der Waals surface area contributed by atoms with Gasteiger partial charge in [-0.1, -0.05) is 30.8 Å². The van der Waals surface area contributed by atoms with Crippen molar-refractivity contribution in [1.29, 1.82) is 0 Å². The molecular weight excluding hydrogens is 328 g/mol. The number of aromatic nitrogens is 2. The van der Waals surface area contributed by atoms with Gasteiger partial charge in [0.05, 0.1) is 0 Å².